The minimum absolute atomic E-state index is 0.0453. The highest BCUT2D eigenvalue weighted by molar-refractivity contribution is 5.71. The average molecular weight is 352 g/mol. The molecule has 1 heteroatoms. The highest BCUT2D eigenvalue weighted by atomic mass is 15.2. The molecule has 0 spiro atoms. The summed E-state index contributed by atoms with van der Waals surface area (Å²) < 4.78 is 0. The Labute approximate surface area is 161 Å². The molecule has 0 saturated carbocycles. The van der Waals surface area contributed by atoms with Crippen molar-refractivity contribution in [3.63, 3.8) is 0 Å². The van der Waals surface area contributed by atoms with Crippen molar-refractivity contribution in [3.05, 3.63) is 53.6 Å². The molecule has 0 aliphatic carbocycles. The predicted molar refractivity (Wildman–Crippen MR) is 117 cm³/mol. The normalized spacial score (nSPS) is 13.0. The van der Waals surface area contributed by atoms with E-state index in [1.165, 1.54) is 27.9 Å². The largest absolute Gasteiger partial charge is 0.362 e. The first-order valence-electron chi connectivity index (χ1n) is 9.73. The minimum atomic E-state index is 0.0453. The summed E-state index contributed by atoms with van der Waals surface area (Å²) in [5.74, 6) is 0. The zero-order valence-electron chi connectivity index (χ0n) is 18.5. The van der Waals surface area contributed by atoms with Gasteiger partial charge in [-0.1, -0.05) is 56.7 Å². The summed E-state index contributed by atoms with van der Waals surface area (Å²) in [6.45, 7) is 22.9. The highest BCUT2D eigenvalue weighted by Gasteiger charge is 2.34. The van der Waals surface area contributed by atoms with Crippen molar-refractivity contribution in [1.29, 1.82) is 0 Å². The molecule has 2 aromatic rings. The van der Waals surface area contributed by atoms with Crippen LogP contribution in [-0.4, -0.2) is 11.1 Å². The van der Waals surface area contributed by atoms with Gasteiger partial charge in [-0.15, -0.1) is 0 Å². The third-order valence-corrected chi connectivity index (χ3v) is 4.77. The van der Waals surface area contributed by atoms with Crippen LogP contribution < -0.4 is 4.90 Å². The fraction of sp³-hybridized carbons (Fsp3) is 0.520. The van der Waals surface area contributed by atoms with Crippen LogP contribution in [0.15, 0.2) is 42.5 Å². The van der Waals surface area contributed by atoms with Crippen LogP contribution in [0, 0.1) is 6.92 Å². The maximum atomic E-state index is 2.57. The molecule has 0 saturated heterocycles. The number of hydrogen-bond acceptors (Lipinski definition) is 1. The first-order valence-corrected chi connectivity index (χ1v) is 9.73. The first kappa shape index (κ1) is 20.6. The van der Waals surface area contributed by atoms with Crippen LogP contribution in [-0.2, 0) is 5.41 Å². The van der Waals surface area contributed by atoms with Gasteiger partial charge in [-0.25, -0.2) is 0 Å². The second-order valence-corrected chi connectivity index (χ2v) is 10.5. The van der Waals surface area contributed by atoms with Gasteiger partial charge in [0.25, 0.3) is 0 Å². The van der Waals surface area contributed by atoms with Crippen LogP contribution in [0.3, 0.4) is 0 Å². The lowest BCUT2D eigenvalue weighted by Crippen LogP contribution is -2.53. The molecule has 1 nitrogen and oxygen atoms in total. The van der Waals surface area contributed by atoms with Crippen molar-refractivity contribution in [3.8, 4) is 11.1 Å². The molecule has 0 amide bonds. The van der Waals surface area contributed by atoms with Crippen molar-refractivity contribution in [2.75, 3.05) is 4.90 Å². The van der Waals surface area contributed by atoms with Gasteiger partial charge in [0.1, 0.15) is 0 Å². The second kappa shape index (κ2) is 6.76. The van der Waals surface area contributed by atoms with Crippen molar-refractivity contribution in [1.82, 2.24) is 0 Å². The Morgan fingerprint density at radius 1 is 0.615 bits per heavy atom. The van der Waals surface area contributed by atoms with Crippen LogP contribution >= 0.6 is 0 Å². The molecule has 0 bridgehead atoms. The predicted octanol–water partition coefficient (Wildman–Crippen LogP) is 7.36. The first-order chi connectivity index (χ1) is 11.7. The molecule has 0 fully saturated rings. The van der Waals surface area contributed by atoms with Crippen molar-refractivity contribution >= 4 is 5.69 Å². The Bertz CT molecular complexity index is 733. The maximum Gasteiger partial charge on any atom is 0.0413 e. The lowest BCUT2D eigenvalue weighted by atomic mass is 9.81. The number of benzene rings is 2. The second-order valence-electron chi connectivity index (χ2n) is 10.5. The number of aryl methyl sites for hydroxylation is 1. The van der Waals surface area contributed by atoms with E-state index in [9.17, 15) is 0 Å². The summed E-state index contributed by atoms with van der Waals surface area (Å²) in [5, 5.41) is 0. The minimum Gasteiger partial charge on any atom is -0.362 e. The van der Waals surface area contributed by atoms with E-state index >= 15 is 0 Å². The van der Waals surface area contributed by atoms with E-state index in [1.54, 1.807) is 0 Å². The summed E-state index contributed by atoms with van der Waals surface area (Å²) in [6.07, 6.45) is 0. The molecule has 26 heavy (non-hydrogen) atoms. The van der Waals surface area contributed by atoms with Crippen molar-refractivity contribution in [2.45, 2.75) is 85.7 Å². The Morgan fingerprint density at radius 2 is 1.08 bits per heavy atom. The Hall–Kier alpha value is -1.76. The monoisotopic (exact) mass is 351 g/mol. The third kappa shape index (κ3) is 4.50. The van der Waals surface area contributed by atoms with Crippen LogP contribution in [0.2, 0.25) is 0 Å². The van der Waals surface area contributed by atoms with E-state index in [0.29, 0.717) is 0 Å². The lowest BCUT2D eigenvalue weighted by molar-refractivity contribution is 0.377. The highest BCUT2D eigenvalue weighted by Crippen LogP contribution is 2.41. The fourth-order valence-electron chi connectivity index (χ4n) is 3.99. The van der Waals surface area contributed by atoms with Crippen molar-refractivity contribution in [2.24, 2.45) is 0 Å². The molecule has 0 radical (unpaired) electrons. The molecule has 0 aliphatic heterocycles. The number of rotatable bonds is 2. The average Bonchev–Trinajstić information content (AvgIpc) is 2.44. The topological polar surface area (TPSA) is 3.24 Å². The van der Waals surface area contributed by atoms with E-state index < -0.39 is 0 Å². The molecular weight excluding hydrogens is 314 g/mol. The number of anilines is 1. The van der Waals surface area contributed by atoms with E-state index in [0.717, 1.165) is 0 Å². The molecule has 0 N–H and O–H groups in total. The van der Waals surface area contributed by atoms with Gasteiger partial charge in [-0.3, -0.25) is 0 Å². The summed E-state index contributed by atoms with van der Waals surface area (Å²) in [4.78, 5) is 2.57. The molecule has 0 heterocycles. The Kier molecular flexibility index (Phi) is 5.34. The van der Waals surface area contributed by atoms with Gasteiger partial charge < -0.3 is 4.90 Å². The van der Waals surface area contributed by atoms with E-state index in [-0.39, 0.29) is 16.5 Å². The van der Waals surface area contributed by atoms with Crippen LogP contribution in [0.4, 0.5) is 5.69 Å². The molecule has 0 unspecified atom stereocenters. The van der Waals surface area contributed by atoms with Gasteiger partial charge in [-0.2, -0.15) is 0 Å². The van der Waals surface area contributed by atoms with Gasteiger partial charge in [-0.05, 0) is 82.7 Å². The quantitative estimate of drug-likeness (QED) is 0.546. The van der Waals surface area contributed by atoms with Gasteiger partial charge in [0.2, 0.25) is 0 Å². The van der Waals surface area contributed by atoms with Gasteiger partial charge >= 0.3 is 0 Å². The zero-order valence-corrected chi connectivity index (χ0v) is 18.5. The van der Waals surface area contributed by atoms with Gasteiger partial charge in [0, 0.05) is 16.8 Å². The smallest absolute Gasteiger partial charge is 0.0413 e. The number of nitrogens with zero attached hydrogens (tertiary/aromatic N) is 1. The SMILES string of the molecule is Cc1ccc(-c2ccc(N(C(C)(C)C)C(C)(C)C)c(C(C)(C)C)c2)cc1. The van der Waals surface area contributed by atoms with E-state index in [4.69, 9.17) is 0 Å². The molecule has 2 aromatic carbocycles. The standard InChI is InChI=1S/C25H37N/c1-18-11-13-19(14-12-18)20-15-16-22(21(17-20)23(2,3)4)26(24(5,6)7)25(8,9)10/h11-17H,1-10H3. The summed E-state index contributed by atoms with van der Waals surface area (Å²) in [5.41, 5.74) is 6.78. The molecule has 2 rings (SSSR count). The Balaban J connectivity index is 2.69. The van der Waals surface area contributed by atoms with Gasteiger partial charge in [0.15, 0.2) is 0 Å². The third-order valence-electron chi connectivity index (χ3n) is 4.77. The molecular formula is C25H37N. The summed E-state index contributed by atoms with van der Waals surface area (Å²) >= 11 is 0. The molecule has 0 aromatic heterocycles. The zero-order chi connectivity index (χ0) is 19.9. The van der Waals surface area contributed by atoms with Crippen LogP contribution in [0.5, 0.6) is 0 Å². The van der Waals surface area contributed by atoms with Gasteiger partial charge in [0.05, 0.1) is 0 Å². The van der Waals surface area contributed by atoms with Crippen LogP contribution in [0.25, 0.3) is 11.1 Å². The fourth-order valence-corrected chi connectivity index (χ4v) is 3.99. The van der Waals surface area contributed by atoms with Crippen LogP contribution in [0.1, 0.15) is 73.4 Å². The van der Waals surface area contributed by atoms with E-state index in [1.807, 2.05) is 0 Å². The Morgan fingerprint density at radius 3 is 1.50 bits per heavy atom. The maximum absolute atomic E-state index is 2.57. The molecule has 0 atom stereocenters. The van der Waals surface area contributed by atoms with E-state index in [2.05, 4.69) is 117 Å². The molecule has 142 valence electrons. The number of hydrogen-bond donors (Lipinski definition) is 0. The lowest BCUT2D eigenvalue weighted by Gasteiger charge is -2.49. The molecule has 0 aliphatic rings. The summed E-state index contributed by atoms with van der Waals surface area (Å²) in [7, 11) is 0. The van der Waals surface area contributed by atoms with Crippen molar-refractivity contribution < 1.29 is 0 Å². The summed E-state index contributed by atoms with van der Waals surface area (Å²) in [6, 6.07) is 15.8.